The average molecular weight is 251 g/mol. The minimum Gasteiger partial charge on any atom is -0.422 e. The second-order valence-corrected chi connectivity index (χ2v) is 4.43. The SMILES string of the molecule is [N-]=C=NCO[C@@H]1CCCC1c1ccc(Cl)nc1. The maximum atomic E-state index is 8.33. The maximum absolute atomic E-state index is 8.33. The Kier molecular flexibility index (Phi) is 4.26. The Morgan fingerprint density at radius 1 is 1.53 bits per heavy atom. The molecule has 4 nitrogen and oxygen atoms in total. The fraction of sp³-hybridized carbons (Fsp3) is 0.500. The predicted molar refractivity (Wildman–Crippen MR) is 66.4 cm³/mol. The van der Waals surface area contributed by atoms with Gasteiger partial charge in [-0.05, 0) is 24.5 Å². The quantitative estimate of drug-likeness (QED) is 0.609. The van der Waals surface area contributed by atoms with Crippen molar-refractivity contribution in [1.29, 1.82) is 0 Å². The Bertz CT molecular complexity index is 414. The number of hydrogen-bond donors (Lipinski definition) is 0. The first-order valence-electron chi connectivity index (χ1n) is 5.60. The zero-order valence-corrected chi connectivity index (χ0v) is 10.1. The monoisotopic (exact) mass is 250 g/mol. The molecule has 1 aromatic heterocycles. The third-order valence-electron chi connectivity index (χ3n) is 3.05. The Morgan fingerprint density at radius 2 is 2.41 bits per heavy atom. The van der Waals surface area contributed by atoms with Gasteiger partial charge in [0.05, 0.1) is 12.8 Å². The van der Waals surface area contributed by atoms with Crippen molar-refractivity contribution in [2.45, 2.75) is 31.3 Å². The van der Waals surface area contributed by atoms with E-state index in [4.69, 9.17) is 21.7 Å². The zero-order valence-electron chi connectivity index (χ0n) is 9.34. The Hall–Kier alpha value is -1.22. The number of halogens is 1. The van der Waals surface area contributed by atoms with Gasteiger partial charge in [0.25, 0.3) is 0 Å². The standard InChI is InChI=1S/C12H13ClN3O/c13-12-5-4-9(6-16-12)10-2-1-3-11(10)17-8-15-7-14/h4-6,10-11H,1-3,8H2/q-1/t10?,11-/m1/s1. The molecule has 1 saturated carbocycles. The molecule has 5 heteroatoms. The summed E-state index contributed by atoms with van der Waals surface area (Å²) >= 11 is 5.76. The Labute approximate surface area is 105 Å². The lowest BCUT2D eigenvalue weighted by molar-refractivity contribution is 0.0526. The molecule has 90 valence electrons. The van der Waals surface area contributed by atoms with E-state index in [1.54, 1.807) is 18.3 Å². The highest BCUT2D eigenvalue weighted by molar-refractivity contribution is 6.29. The van der Waals surface area contributed by atoms with Gasteiger partial charge in [0.15, 0.2) is 0 Å². The smallest absolute Gasteiger partial charge is 0.129 e. The highest BCUT2D eigenvalue weighted by Gasteiger charge is 2.28. The number of nitrogens with zero attached hydrogens (tertiary/aromatic N) is 3. The number of ether oxygens (including phenoxy) is 1. The van der Waals surface area contributed by atoms with E-state index in [2.05, 4.69) is 9.98 Å². The zero-order chi connectivity index (χ0) is 12.1. The normalized spacial score (nSPS) is 23.4. The highest BCUT2D eigenvalue weighted by Crippen LogP contribution is 2.36. The van der Waals surface area contributed by atoms with Gasteiger partial charge < -0.3 is 15.1 Å². The summed E-state index contributed by atoms with van der Waals surface area (Å²) < 4.78 is 5.59. The summed E-state index contributed by atoms with van der Waals surface area (Å²) in [5.41, 5.74) is 1.15. The van der Waals surface area contributed by atoms with E-state index in [1.807, 2.05) is 6.07 Å². The molecule has 1 aliphatic rings. The van der Waals surface area contributed by atoms with Crippen LogP contribution in [-0.4, -0.2) is 23.8 Å². The van der Waals surface area contributed by atoms with Gasteiger partial charge in [0, 0.05) is 12.1 Å². The van der Waals surface area contributed by atoms with Gasteiger partial charge in [-0.2, -0.15) is 6.01 Å². The summed E-state index contributed by atoms with van der Waals surface area (Å²) in [5, 5.41) is 8.84. The molecule has 1 fully saturated rings. The van der Waals surface area contributed by atoms with Crippen LogP contribution in [0.3, 0.4) is 0 Å². The summed E-state index contributed by atoms with van der Waals surface area (Å²) in [7, 11) is 0. The number of pyridine rings is 1. The van der Waals surface area contributed by atoms with Crippen LogP contribution in [0.1, 0.15) is 30.7 Å². The summed E-state index contributed by atoms with van der Waals surface area (Å²) in [6.07, 6.45) is 5.16. The van der Waals surface area contributed by atoms with Crippen LogP contribution in [0, 0.1) is 0 Å². The van der Waals surface area contributed by atoms with Crippen molar-refractivity contribution in [2.24, 2.45) is 4.99 Å². The molecule has 0 amide bonds. The summed E-state index contributed by atoms with van der Waals surface area (Å²) in [6, 6.07) is 5.51. The minimum absolute atomic E-state index is 0.134. The van der Waals surface area contributed by atoms with E-state index in [-0.39, 0.29) is 12.8 Å². The van der Waals surface area contributed by atoms with E-state index >= 15 is 0 Å². The van der Waals surface area contributed by atoms with Crippen LogP contribution in [0.5, 0.6) is 0 Å². The third kappa shape index (κ3) is 3.13. The minimum atomic E-state index is 0.134. The fourth-order valence-electron chi connectivity index (χ4n) is 2.28. The molecule has 0 aromatic carbocycles. The summed E-state index contributed by atoms with van der Waals surface area (Å²) in [4.78, 5) is 7.61. The van der Waals surface area contributed by atoms with Gasteiger partial charge >= 0.3 is 0 Å². The largest absolute Gasteiger partial charge is 0.422 e. The lowest BCUT2D eigenvalue weighted by Crippen LogP contribution is -2.17. The van der Waals surface area contributed by atoms with Crippen LogP contribution in [0.25, 0.3) is 5.41 Å². The second-order valence-electron chi connectivity index (χ2n) is 4.04. The van der Waals surface area contributed by atoms with Crippen LogP contribution in [0.15, 0.2) is 23.3 Å². The molecule has 0 aliphatic heterocycles. The van der Waals surface area contributed by atoms with Crippen molar-refractivity contribution < 1.29 is 4.74 Å². The van der Waals surface area contributed by atoms with Crippen molar-refractivity contribution in [3.8, 4) is 0 Å². The van der Waals surface area contributed by atoms with E-state index in [0.29, 0.717) is 11.1 Å². The molecule has 2 atom stereocenters. The van der Waals surface area contributed by atoms with Crippen LogP contribution in [-0.2, 0) is 4.74 Å². The number of rotatable bonds is 4. The van der Waals surface area contributed by atoms with Crippen LogP contribution < -0.4 is 0 Å². The lowest BCUT2D eigenvalue weighted by atomic mass is 9.97. The predicted octanol–water partition coefficient (Wildman–Crippen LogP) is 3.09. The van der Waals surface area contributed by atoms with Crippen LogP contribution in [0.2, 0.25) is 5.15 Å². The second kappa shape index (κ2) is 5.92. The summed E-state index contributed by atoms with van der Waals surface area (Å²) in [5.74, 6) is 0.341. The van der Waals surface area contributed by atoms with Crippen molar-refractivity contribution in [3.63, 3.8) is 0 Å². The molecule has 1 aromatic rings. The topological polar surface area (TPSA) is 56.8 Å². The van der Waals surface area contributed by atoms with Crippen molar-refractivity contribution in [3.05, 3.63) is 34.5 Å². The molecule has 0 spiro atoms. The molecular formula is C12H13ClN3O-. The van der Waals surface area contributed by atoms with Gasteiger partial charge in [-0.25, -0.2) is 4.98 Å². The molecule has 2 rings (SSSR count). The summed E-state index contributed by atoms with van der Waals surface area (Å²) in [6.45, 7) is 0.151. The molecular weight excluding hydrogens is 238 g/mol. The fourth-order valence-corrected chi connectivity index (χ4v) is 2.39. The Balaban J connectivity index is 2.03. The average Bonchev–Trinajstić information content (AvgIpc) is 2.79. The van der Waals surface area contributed by atoms with Gasteiger partial charge in [-0.3, -0.25) is 0 Å². The molecule has 17 heavy (non-hydrogen) atoms. The molecule has 0 saturated heterocycles. The van der Waals surface area contributed by atoms with Crippen molar-refractivity contribution in [1.82, 2.24) is 4.98 Å². The van der Waals surface area contributed by atoms with Crippen molar-refractivity contribution >= 4 is 17.6 Å². The van der Waals surface area contributed by atoms with Gasteiger partial charge in [-0.15, -0.1) is 0 Å². The number of hydrogen-bond acceptors (Lipinski definition) is 3. The first-order chi connectivity index (χ1) is 8.31. The molecule has 0 bridgehead atoms. The van der Waals surface area contributed by atoms with E-state index in [9.17, 15) is 0 Å². The molecule has 0 radical (unpaired) electrons. The van der Waals surface area contributed by atoms with Crippen molar-refractivity contribution in [2.75, 3.05) is 6.73 Å². The first-order valence-corrected chi connectivity index (χ1v) is 5.97. The Morgan fingerprint density at radius 3 is 3.12 bits per heavy atom. The van der Waals surface area contributed by atoms with Gasteiger partial charge in [0.2, 0.25) is 0 Å². The van der Waals surface area contributed by atoms with E-state index < -0.39 is 0 Å². The molecule has 0 N–H and O–H groups in total. The number of aliphatic imine (C=N–C) groups is 1. The van der Waals surface area contributed by atoms with E-state index in [1.165, 1.54) is 0 Å². The van der Waals surface area contributed by atoms with Gasteiger partial charge in [-0.1, -0.05) is 24.1 Å². The maximum Gasteiger partial charge on any atom is 0.129 e. The van der Waals surface area contributed by atoms with E-state index in [0.717, 1.165) is 24.8 Å². The van der Waals surface area contributed by atoms with Crippen LogP contribution >= 0.6 is 11.6 Å². The third-order valence-corrected chi connectivity index (χ3v) is 3.28. The van der Waals surface area contributed by atoms with Gasteiger partial charge in [0.1, 0.15) is 5.15 Å². The van der Waals surface area contributed by atoms with Crippen LogP contribution in [0.4, 0.5) is 0 Å². The molecule has 1 heterocycles. The first kappa shape index (κ1) is 12.2. The molecule has 1 unspecified atom stereocenters. The lowest BCUT2D eigenvalue weighted by Gasteiger charge is -2.20. The highest BCUT2D eigenvalue weighted by atomic mass is 35.5. The molecule has 1 aliphatic carbocycles. The number of aromatic nitrogens is 1.